The number of carbonyl (C=O) groups excluding carboxylic acids is 2. The van der Waals surface area contributed by atoms with E-state index in [0.29, 0.717) is 19.3 Å². The summed E-state index contributed by atoms with van der Waals surface area (Å²) in [6.45, 7) is 5.58. The largest absolute Gasteiger partial charge is 0.454 e. The number of hydrogen-bond acceptors (Lipinski definition) is 10. The summed E-state index contributed by atoms with van der Waals surface area (Å²) in [6.07, 6.45) is 62.4. The molecule has 1 rings (SSSR count). The second-order valence-electron chi connectivity index (χ2n) is 20.3. The second kappa shape index (κ2) is 52.7. The molecule has 1 fully saturated rings. The van der Waals surface area contributed by atoms with Crippen molar-refractivity contribution < 1.29 is 49.3 Å². The zero-order chi connectivity index (χ0) is 56.1. The molecule has 0 aromatic rings. The van der Waals surface area contributed by atoms with Gasteiger partial charge in [0.05, 0.1) is 25.4 Å². The van der Waals surface area contributed by atoms with Gasteiger partial charge in [0.2, 0.25) is 5.91 Å². The zero-order valence-electron chi connectivity index (χ0n) is 48.3. The molecule has 1 saturated heterocycles. The molecule has 6 N–H and O–H groups in total. The maximum Gasteiger partial charge on any atom is 0.306 e. The summed E-state index contributed by atoms with van der Waals surface area (Å²) >= 11 is 0. The van der Waals surface area contributed by atoms with Crippen molar-refractivity contribution in [2.24, 2.45) is 0 Å². The standard InChI is InChI=1S/C66H109NO10/c1-4-7-10-13-16-19-22-25-27-29-30-31-33-36-39-42-45-48-51-54-61(71)77-64-63(73)62(72)60(55-68)76-66(64)75-56-57(58(69)52-49-46-43-40-37-34-24-21-18-15-12-9-6-3)67-65(74)59(70)53-50-47-44-41-38-35-32-28-26-23-20-17-14-11-8-5-2/h7,10,16-17,19-20,25-28,30-31,35-36,38-39,45,48-49,52,57-60,62-64,66,68-70,72-73H,4-6,8-9,11-15,18,21-24,29,32-34,37,40-44,46-47,50-51,53-56H2,1-3H3,(H,67,74)/b10-7-,19-16-,20-17-,27-25-,28-26-,31-30-,38-35-,39-36-,48-45-,52-49+. The molecule has 0 radical (unpaired) electrons. The monoisotopic (exact) mass is 1080 g/mol. The SMILES string of the molecule is CC/C=C\C/C=C\C/C=C\C/C=C\C/C=C\C/C=C\CCC(=O)OC1C(OCC(NC(=O)C(O)CCCCC/C=C\C/C=C\C/C=C\CCCCC)C(O)/C=C/CCCCCCCCCCCCC)OC(CO)C(O)C1O. The highest BCUT2D eigenvalue weighted by molar-refractivity contribution is 5.80. The summed E-state index contributed by atoms with van der Waals surface area (Å²) in [5, 5.41) is 56.9. The normalized spacial score (nSPS) is 19.9. The number of aliphatic hydroxyl groups is 5. The Morgan fingerprint density at radius 3 is 1.43 bits per heavy atom. The van der Waals surface area contributed by atoms with E-state index in [2.05, 4.69) is 123 Å². The first-order chi connectivity index (χ1) is 37.7. The van der Waals surface area contributed by atoms with Crippen LogP contribution < -0.4 is 5.32 Å². The van der Waals surface area contributed by atoms with Crippen LogP contribution in [0.3, 0.4) is 0 Å². The van der Waals surface area contributed by atoms with Crippen molar-refractivity contribution >= 4 is 11.9 Å². The molecule has 11 heteroatoms. The molecular weight excluding hydrogens is 967 g/mol. The molecule has 0 spiro atoms. The van der Waals surface area contributed by atoms with E-state index in [0.717, 1.165) is 96.3 Å². The third-order valence-corrected chi connectivity index (χ3v) is 13.4. The van der Waals surface area contributed by atoms with Gasteiger partial charge in [-0.3, -0.25) is 9.59 Å². The van der Waals surface area contributed by atoms with Crippen molar-refractivity contribution in [3.8, 4) is 0 Å². The number of allylic oxidation sites excluding steroid dienone is 19. The molecule has 11 nitrogen and oxygen atoms in total. The van der Waals surface area contributed by atoms with Gasteiger partial charge in [0, 0.05) is 6.42 Å². The molecule has 0 aromatic carbocycles. The first-order valence-electron chi connectivity index (χ1n) is 30.3. The lowest BCUT2D eigenvalue weighted by Crippen LogP contribution is -2.61. The summed E-state index contributed by atoms with van der Waals surface area (Å²) in [5.41, 5.74) is 0. The summed E-state index contributed by atoms with van der Waals surface area (Å²) in [4.78, 5) is 26.5. The number of amides is 1. The summed E-state index contributed by atoms with van der Waals surface area (Å²) in [7, 11) is 0. The average molecular weight is 1080 g/mol. The number of unbranched alkanes of at least 4 members (excludes halogenated alkanes) is 17. The van der Waals surface area contributed by atoms with Crippen LogP contribution in [-0.2, 0) is 23.8 Å². The van der Waals surface area contributed by atoms with Crippen molar-refractivity contribution in [3.05, 3.63) is 122 Å². The van der Waals surface area contributed by atoms with Gasteiger partial charge >= 0.3 is 5.97 Å². The minimum atomic E-state index is -1.66. The number of nitrogens with one attached hydrogen (secondary N) is 1. The number of aliphatic hydroxyl groups excluding tert-OH is 5. The van der Waals surface area contributed by atoms with Crippen LogP contribution in [0.4, 0.5) is 0 Å². The lowest BCUT2D eigenvalue weighted by molar-refractivity contribution is -0.305. The molecule has 0 saturated carbocycles. The molecule has 0 aromatic heterocycles. The fraction of sp³-hybridized carbons (Fsp3) is 0.667. The third-order valence-electron chi connectivity index (χ3n) is 13.4. The van der Waals surface area contributed by atoms with Gasteiger partial charge < -0.3 is 45.1 Å². The number of carbonyl (C=O) groups is 2. The number of hydrogen-bond donors (Lipinski definition) is 6. The fourth-order valence-electron chi connectivity index (χ4n) is 8.56. The smallest absolute Gasteiger partial charge is 0.306 e. The van der Waals surface area contributed by atoms with Crippen molar-refractivity contribution in [2.45, 2.75) is 269 Å². The van der Waals surface area contributed by atoms with Crippen molar-refractivity contribution in [1.82, 2.24) is 5.32 Å². The van der Waals surface area contributed by atoms with Gasteiger partial charge in [-0.25, -0.2) is 0 Å². The first kappa shape index (κ1) is 71.1. The molecule has 8 unspecified atom stereocenters. The van der Waals surface area contributed by atoms with Gasteiger partial charge in [-0.15, -0.1) is 0 Å². The topological polar surface area (TPSA) is 175 Å². The summed E-state index contributed by atoms with van der Waals surface area (Å²) < 4.78 is 17.5. The average Bonchev–Trinajstić information content (AvgIpc) is 3.43. The maximum absolute atomic E-state index is 13.4. The lowest BCUT2D eigenvalue weighted by atomic mass is 9.99. The van der Waals surface area contributed by atoms with Crippen molar-refractivity contribution in [2.75, 3.05) is 13.2 Å². The van der Waals surface area contributed by atoms with Gasteiger partial charge in [-0.1, -0.05) is 232 Å². The molecule has 0 bridgehead atoms. The van der Waals surface area contributed by atoms with Crippen LogP contribution in [0, 0.1) is 0 Å². The Hall–Kier alpha value is -3.94. The molecule has 1 amide bonds. The molecule has 438 valence electrons. The Bertz CT molecular complexity index is 1710. The van der Waals surface area contributed by atoms with E-state index in [4.69, 9.17) is 14.2 Å². The van der Waals surface area contributed by atoms with E-state index < -0.39 is 67.4 Å². The molecule has 1 aliphatic heterocycles. The van der Waals surface area contributed by atoms with E-state index >= 15 is 0 Å². The molecule has 1 aliphatic rings. The Labute approximate surface area is 468 Å². The first-order valence-corrected chi connectivity index (χ1v) is 30.3. The Morgan fingerprint density at radius 1 is 0.519 bits per heavy atom. The predicted molar refractivity (Wildman–Crippen MR) is 319 cm³/mol. The van der Waals surface area contributed by atoms with Crippen LogP contribution in [0.5, 0.6) is 0 Å². The van der Waals surface area contributed by atoms with Gasteiger partial charge in [0.25, 0.3) is 0 Å². The van der Waals surface area contributed by atoms with Gasteiger partial charge in [0.1, 0.15) is 24.4 Å². The van der Waals surface area contributed by atoms with Crippen LogP contribution >= 0.6 is 0 Å². The number of esters is 1. The lowest BCUT2D eigenvalue weighted by Gasteiger charge is -2.41. The summed E-state index contributed by atoms with van der Waals surface area (Å²) in [5.74, 6) is -1.32. The van der Waals surface area contributed by atoms with E-state index in [1.807, 2.05) is 18.2 Å². The summed E-state index contributed by atoms with van der Waals surface area (Å²) in [6, 6.07) is -1.06. The van der Waals surface area contributed by atoms with E-state index in [9.17, 15) is 35.1 Å². The molecule has 1 heterocycles. The second-order valence-corrected chi connectivity index (χ2v) is 20.3. The minimum Gasteiger partial charge on any atom is -0.454 e. The van der Waals surface area contributed by atoms with Crippen molar-refractivity contribution in [3.63, 3.8) is 0 Å². The quantitative estimate of drug-likeness (QED) is 0.0195. The van der Waals surface area contributed by atoms with Crippen LogP contribution in [0.25, 0.3) is 0 Å². The molecule has 0 aliphatic carbocycles. The Morgan fingerprint density at radius 2 is 0.935 bits per heavy atom. The van der Waals surface area contributed by atoms with E-state index in [1.54, 1.807) is 6.08 Å². The number of rotatable bonds is 49. The molecule has 77 heavy (non-hydrogen) atoms. The number of ether oxygens (including phenoxy) is 3. The van der Waals surface area contributed by atoms with Crippen LogP contribution in [0.1, 0.15) is 220 Å². The van der Waals surface area contributed by atoms with Gasteiger partial charge in [0.15, 0.2) is 12.4 Å². The highest BCUT2D eigenvalue weighted by Crippen LogP contribution is 2.26. The zero-order valence-corrected chi connectivity index (χ0v) is 48.3. The third kappa shape index (κ3) is 40.8. The van der Waals surface area contributed by atoms with Crippen LogP contribution in [-0.4, -0.2) is 99.6 Å². The van der Waals surface area contributed by atoms with Crippen LogP contribution in [0.2, 0.25) is 0 Å². The van der Waals surface area contributed by atoms with Gasteiger partial charge in [-0.05, 0) is 103 Å². The fourth-order valence-corrected chi connectivity index (χ4v) is 8.56. The highest BCUT2D eigenvalue weighted by atomic mass is 16.7. The minimum absolute atomic E-state index is 0.0112. The van der Waals surface area contributed by atoms with Crippen LogP contribution in [0.15, 0.2) is 122 Å². The van der Waals surface area contributed by atoms with Gasteiger partial charge in [-0.2, -0.15) is 0 Å². The molecule has 8 atom stereocenters. The van der Waals surface area contributed by atoms with E-state index in [-0.39, 0.29) is 19.4 Å². The highest BCUT2D eigenvalue weighted by Gasteiger charge is 2.47. The predicted octanol–water partition coefficient (Wildman–Crippen LogP) is 14.3. The maximum atomic E-state index is 13.4. The Balaban J connectivity index is 2.79. The van der Waals surface area contributed by atoms with Crippen molar-refractivity contribution in [1.29, 1.82) is 0 Å². The Kier molecular flexibility index (Phi) is 48.7. The molecular formula is C66H109NO10. The van der Waals surface area contributed by atoms with E-state index in [1.165, 1.54) is 70.6 Å².